The van der Waals surface area contributed by atoms with Crippen molar-refractivity contribution in [3.63, 3.8) is 0 Å². The first-order valence-corrected chi connectivity index (χ1v) is 24.6. The van der Waals surface area contributed by atoms with Gasteiger partial charge < -0.3 is 88.7 Å². The molecule has 0 saturated carbocycles. The molecule has 74 heavy (non-hydrogen) atoms. The van der Waals surface area contributed by atoms with E-state index in [1.54, 1.807) is 55.6 Å². The van der Waals surface area contributed by atoms with Gasteiger partial charge in [0.15, 0.2) is 0 Å². The first kappa shape index (κ1) is 65.0. The molecular formula is C49H78N6O19. The number of hydrogen-bond donors (Lipinski definition) is 6. The Morgan fingerprint density at radius 2 is 0.797 bits per heavy atom. The number of rotatable bonds is 50. The number of carboxylic acids is 2. The molecule has 2 aromatic carbocycles. The van der Waals surface area contributed by atoms with Crippen molar-refractivity contribution in [2.45, 2.75) is 38.1 Å². The van der Waals surface area contributed by atoms with Crippen molar-refractivity contribution in [3.8, 4) is 0 Å². The first-order chi connectivity index (χ1) is 36.1. The zero-order valence-corrected chi connectivity index (χ0v) is 42.6. The van der Waals surface area contributed by atoms with Crippen molar-refractivity contribution >= 4 is 52.4 Å². The number of carbonyl (C=O) groups is 5. The van der Waals surface area contributed by atoms with Crippen LogP contribution in [0, 0.1) is 5.92 Å². The number of nitrogens with one attached hydrogen (secondary N) is 3. The zero-order valence-electron chi connectivity index (χ0n) is 42.6. The maximum atomic E-state index is 12.4. The van der Waals surface area contributed by atoms with Crippen LogP contribution in [0.25, 0.3) is 0 Å². The van der Waals surface area contributed by atoms with E-state index in [0.29, 0.717) is 168 Å². The quantitative estimate of drug-likeness (QED) is 0.0410. The van der Waals surface area contributed by atoms with Crippen LogP contribution in [-0.4, -0.2) is 212 Å². The van der Waals surface area contributed by atoms with Crippen LogP contribution in [-0.2, 0) is 80.8 Å². The molecule has 2 rings (SSSR count). The van der Waals surface area contributed by atoms with E-state index in [9.17, 15) is 29.1 Å². The van der Waals surface area contributed by atoms with Gasteiger partial charge in [-0.1, -0.05) is 0 Å². The second kappa shape index (κ2) is 45.3. The number of carbonyl (C=O) groups excluding carboxylic acids is 3. The molecule has 0 fully saturated rings. The molecule has 3 amide bonds. The third-order valence-corrected chi connectivity index (χ3v) is 9.82. The van der Waals surface area contributed by atoms with Gasteiger partial charge in [-0.3, -0.25) is 24.0 Å². The Kier molecular flexibility index (Phi) is 39.8. The van der Waals surface area contributed by atoms with E-state index >= 15 is 0 Å². The van der Waals surface area contributed by atoms with Crippen LogP contribution in [0.3, 0.4) is 0 Å². The Morgan fingerprint density at radius 1 is 0.459 bits per heavy atom. The number of hydrogen-bond acceptors (Lipinski definition) is 20. The van der Waals surface area contributed by atoms with Crippen LogP contribution in [0.4, 0.5) is 22.7 Å². The monoisotopic (exact) mass is 1050 g/mol. The second-order valence-electron chi connectivity index (χ2n) is 15.8. The molecule has 0 aromatic heterocycles. The highest BCUT2D eigenvalue weighted by Gasteiger charge is 2.24. The first-order valence-electron chi connectivity index (χ1n) is 24.6. The largest absolute Gasteiger partial charge is 0.481 e. The summed E-state index contributed by atoms with van der Waals surface area (Å²) in [4.78, 5) is 59.3. The minimum absolute atomic E-state index is 0.0458. The second-order valence-corrected chi connectivity index (χ2v) is 15.8. The number of ether oxygens (including phenoxy) is 12. The van der Waals surface area contributed by atoms with Gasteiger partial charge in [-0.05, 0) is 67.8 Å². The number of carboxylic acid groups (broad SMARTS) is 2. The SMILES string of the molecule is COCCOCCOCCOCCOCCOCCOCCOCCOCCOCCOCCOCCC(=O)NCC(=O)Nc1ccc(N=Nc2ccc(NC(=O)CCC[C@@H](C[C@H](N)C(=O)O)C(=O)O)cc2)cc1. The molecule has 25 nitrogen and oxygen atoms in total. The van der Waals surface area contributed by atoms with Crippen LogP contribution < -0.4 is 21.7 Å². The van der Waals surface area contributed by atoms with Gasteiger partial charge in [-0.15, -0.1) is 0 Å². The number of nitrogens with two attached hydrogens (primary N) is 1. The molecule has 0 saturated heterocycles. The Morgan fingerprint density at radius 3 is 1.14 bits per heavy atom. The summed E-state index contributed by atoms with van der Waals surface area (Å²) in [5.74, 6) is -4.47. The van der Waals surface area contributed by atoms with Gasteiger partial charge in [0.25, 0.3) is 0 Å². The van der Waals surface area contributed by atoms with Crippen LogP contribution in [0.5, 0.6) is 0 Å². The van der Waals surface area contributed by atoms with E-state index in [0.717, 1.165) is 0 Å². The van der Waals surface area contributed by atoms with Crippen LogP contribution >= 0.6 is 0 Å². The fraction of sp³-hybridized carbons (Fsp3) is 0.653. The number of anilines is 2. The van der Waals surface area contributed by atoms with E-state index < -0.39 is 29.8 Å². The molecule has 2 atom stereocenters. The number of azo groups is 1. The lowest BCUT2D eigenvalue weighted by molar-refractivity contribution is -0.144. The molecule has 0 aliphatic heterocycles. The van der Waals surface area contributed by atoms with Crippen LogP contribution in [0.15, 0.2) is 58.8 Å². The maximum absolute atomic E-state index is 12.4. The van der Waals surface area contributed by atoms with Crippen molar-refractivity contribution in [1.29, 1.82) is 0 Å². The Bertz CT molecular complexity index is 1800. The highest BCUT2D eigenvalue weighted by molar-refractivity contribution is 5.94. The average molecular weight is 1060 g/mol. The minimum Gasteiger partial charge on any atom is -0.481 e. The smallest absolute Gasteiger partial charge is 0.320 e. The van der Waals surface area contributed by atoms with Crippen molar-refractivity contribution in [2.75, 3.05) is 176 Å². The number of methoxy groups -OCH3 is 1. The molecule has 7 N–H and O–H groups in total. The minimum atomic E-state index is -1.29. The Balaban J connectivity index is 1.34. The van der Waals surface area contributed by atoms with E-state index in [2.05, 4.69) is 26.2 Å². The summed E-state index contributed by atoms with van der Waals surface area (Å²) in [6.45, 7) is 10.2. The van der Waals surface area contributed by atoms with Crippen molar-refractivity contribution in [1.82, 2.24) is 5.32 Å². The third kappa shape index (κ3) is 37.6. The number of aliphatic carboxylic acids is 2. The predicted octanol–water partition coefficient (Wildman–Crippen LogP) is 2.99. The van der Waals surface area contributed by atoms with Gasteiger partial charge in [0.1, 0.15) is 6.04 Å². The van der Waals surface area contributed by atoms with E-state index in [1.807, 2.05) is 0 Å². The van der Waals surface area contributed by atoms with Gasteiger partial charge in [-0.25, -0.2) is 0 Å². The van der Waals surface area contributed by atoms with Gasteiger partial charge in [0, 0.05) is 31.3 Å². The maximum Gasteiger partial charge on any atom is 0.320 e. The molecule has 0 aliphatic carbocycles. The molecule has 0 aliphatic rings. The van der Waals surface area contributed by atoms with Crippen molar-refractivity contribution in [3.05, 3.63) is 48.5 Å². The number of nitrogens with zero attached hydrogens (tertiary/aromatic N) is 2. The lowest BCUT2D eigenvalue weighted by atomic mass is 9.94. The predicted molar refractivity (Wildman–Crippen MR) is 268 cm³/mol. The average Bonchev–Trinajstić information content (AvgIpc) is 3.39. The molecule has 0 unspecified atom stereocenters. The Labute approximate surface area is 432 Å². The van der Waals surface area contributed by atoms with Gasteiger partial charge in [0.05, 0.1) is 176 Å². The standard InChI is InChI=1S/C49H78N6O19/c1-63-15-16-65-19-20-67-23-24-69-27-28-71-31-32-73-35-36-74-34-33-72-30-29-70-26-25-68-22-21-66-18-17-64-14-13-45(56)51-38-47(58)53-41-7-11-43(12-8-41)55-54-42-9-5-40(6-10-42)52-46(57)4-2-3-39(48(59)60)37-44(50)49(61)62/h5-12,39,44H,2-4,13-38,50H2,1H3,(H,51,56)(H,52,57)(H,53,58)(H,59,60)(H,61,62)/t39-,44-/m0/s1. The number of benzene rings is 2. The lowest BCUT2D eigenvalue weighted by Gasteiger charge is -2.14. The molecule has 0 radical (unpaired) electrons. The summed E-state index contributed by atoms with van der Waals surface area (Å²) in [6, 6.07) is 11.9. The van der Waals surface area contributed by atoms with Crippen molar-refractivity contribution in [2.24, 2.45) is 21.9 Å². The summed E-state index contributed by atoms with van der Waals surface area (Å²) in [5.41, 5.74) is 7.49. The molecule has 418 valence electrons. The summed E-state index contributed by atoms with van der Waals surface area (Å²) in [7, 11) is 1.63. The molecule has 25 heteroatoms. The highest BCUT2D eigenvalue weighted by Crippen LogP contribution is 2.22. The third-order valence-electron chi connectivity index (χ3n) is 9.82. The summed E-state index contributed by atoms with van der Waals surface area (Å²) >= 11 is 0. The van der Waals surface area contributed by atoms with Crippen molar-refractivity contribution < 1.29 is 91.0 Å². The summed E-state index contributed by atoms with van der Waals surface area (Å²) < 4.78 is 64.9. The fourth-order valence-electron chi connectivity index (χ4n) is 5.90. The van der Waals surface area contributed by atoms with Crippen LogP contribution in [0.1, 0.15) is 32.1 Å². The normalized spacial score (nSPS) is 12.2. The lowest BCUT2D eigenvalue weighted by Crippen LogP contribution is -2.34. The molecule has 0 spiro atoms. The summed E-state index contributed by atoms with van der Waals surface area (Å²) in [5, 5.41) is 34.6. The van der Waals surface area contributed by atoms with Crippen LogP contribution in [0.2, 0.25) is 0 Å². The fourth-order valence-corrected chi connectivity index (χ4v) is 5.90. The van der Waals surface area contributed by atoms with Gasteiger partial charge in [-0.2, -0.15) is 10.2 Å². The van der Waals surface area contributed by atoms with E-state index in [4.69, 9.17) is 67.7 Å². The van der Waals surface area contributed by atoms with Gasteiger partial charge >= 0.3 is 11.9 Å². The Hall–Kier alpha value is -5.13. The van der Waals surface area contributed by atoms with E-state index in [1.165, 1.54) is 0 Å². The zero-order chi connectivity index (χ0) is 53.5. The molecular weight excluding hydrogens is 977 g/mol. The summed E-state index contributed by atoms with van der Waals surface area (Å²) in [6.07, 6.45) is 0.260. The van der Waals surface area contributed by atoms with Gasteiger partial charge in [0.2, 0.25) is 17.7 Å². The number of amides is 3. The topological polar surface area (TPSA) is 323 Å². The molecule has 0 heterocycles. The van der Waals surface area contributed by atoms with E-state index in [-0.39, 0.29) is 57.1 Å². The molecule has 0 bridgehead atoms. The molecule has 2 aromatic rings. The highest BCUT2D eigenvalue weighted by atomic mass is 16.6.